The van der Waals surface area contributed by atoms with E-state index in [0.29, 0.717) is 5.69 Å². The minimum atomic E-state index is -0.595. The molecule has 0 saturated carbocycles. The Morgan fingerprint density at radius 1 is 1.41 bits per heavy atom. The van der Waals surface area contributed by atoms with E-state index >= 15 is 0 Å². The molecule has 17 heavy (non-hydrogen) atoms. The Morgan fingerprint density at radius 3 is 2.65 bits per heavy atom. The van der Waals surface area contributed by atoms with Gasteiger partial charge in [0, 0.05) is 15.5 Å². The van der Waals surface area contributed by atoms with E-state index in [9.17, 15) is 4.79 Å². The third-order valence-electron chi connectivity index (χ3n) is 2.19. The summed E-state index contributed by atoms with van der Waals surface area (Å²) >= 11 is 4.78. The lowest BCUT2D eigenvalue weighted by Gasteiger charge is -2.14. The second-order valence-electron chi connectivity index (χ2n) is 3.40. The van der Waals surface area contributed by atoms with Gasteiger partial charge in [-0.1, -0.05) is 15.9 Å². The lowest BCUT2D eigenvalue weighted by Crippen LogP contribution is -2.27. The molecular formula is C11H10BrN3OS. The Balaban J connectivity index is 2.19. The number of halogens is 1. The van der Waals surface area contributed by atoms with Gasteiger partial charge in [0.15, 0.2) is 0 Å². The van der Waals surface area contributed by atoms with E-state index in [0.717, 1.165) is 10.2 Å². The van der Waals surface area contributed by atoms with Gasteiger partial charge in [0.1, 0.15) is 6.04 Å². The lowest BCUT2D eigenvalue weighted by atomic mass is 10.2. The van der Waals surface area contributed by atoms with Crippen LogP contribution in [0.1, 0.15) is 11.7 Å². The zero-order valence-corrected chi connectivity index (χ0v) is 11.2. The van der Waals surface area contributed by atoms with E-state index < -0.39 is 11.9 Å². The number of carbonyl (C=O) groups excluding carboxylic acids is 1. The molecular weight excluding hydrogens is 302 g/mol. The molecule has 1 amide bonds. The maximum Gasteiger partial charge on any atom is 0.246 e. The number of nitrogens with one attached hydrogen (secondary N) is 1. The Kier molecular flexibility index (Phi) is 3.75. The SMILES string of the molecule is NC(=O)C(Nc1ccc(Br)cc1)c1cscn1. The predicted octanol–water partition coefficient (Wildman–Crippen LogP) is 2.54. The lowest BCUT2D eigenvalue weighted by molar-refractivity contribution is -0.118. The van der Waals surface area contributed by atoms with Crippen LogP contribution in [0, 0.1) is 0 Å². The summed E-state index contributed by atoms with van der Waals surface area (Å²) in [6.07, 6.45) is 0. The van der Waals surface area contributed by atoms with Crippen molar-refractivity contribution in [3.8, 4) is 0 Å². The summed E-state index contributed by atoms with van der Waals surface area (Å²) in [4.78, 5) is 15.5. The number of thiazole rings is 1. The molecule has 0 radical (unpaired) electrons. The fourth-order valence-corrected chi connectivity index (χ4v) is 2.21. The monoisotopic (exact) mass is 311 g/mol. The zero-order chi connectivity index (χ0) is 12.3. The number of hydrogen-bond donors (Lipinski definition) is 2. The van der Waals surface area contributed by atoms with Gasteiger partial charge >= 0.3 is 0 Å². The van der Waals surface area contributed by atoms with E-state index in [2.05, 4.69) is 26.2 Å². The molecule has 2 aromatic rings. The molecule has 3 N–H and O–H groups in total. The van der Waals surface area contributed by atoms with Crippen LogP contribution in [0.5, 0.6) is 0 Å². The van der Waals surface area contributed by atoms with Crippen molar-refractivity contribution in [1.29, 1.82) is 0 Å². The molecule has 1 atom stereocenters. The van der Waals surface area contributed by atoms with Gasteiger partial charge in [-0.2, -0.15) is 0 Å². The maximum atomic E-state index is 11.4. The Labute approximate surface area is 111 Å². The van der Waals surface area contributed by atoms with Gasteiger partial charge in [-0.05, 0) is 24.3 Å². The average Bonchev–Trinajstić information content (AvgIpc) is 2.81. The average molecular weight is 312 g/mol. The summed E-state index contributed by atoms with van der Waals surface area (Å²) in [5, 5.41) is 4.86. The number of rotatable bonds is 4. The first-order valence-corrected chi connectivity index (χ1v) is 6.60. The van der Waals surface area contributed by atoms with Crippen LogP contribution in [0.2, 0.25) is 0 Å². The second kappa shape index (κ2) is 5.29. The standard InChI is InChI=1S/C11H10BrN3OS/c12-7-1-3-8(4-2-7)15-10(11(13)16)9-5-17-6-14-9/h1-6,10,15H,(H2,13,16). The molecule has 1 unspecified atom stereocenters. The van der Waals surface area contributed by atoms with Crippen molar-refractivity contribution in [3.05, 3.63) is 45.3 Å². The number of nitrogens with zero attached hydrogens (tertiary/aromatic N) is 1. The van der Waals surface area contributed by atoms with Crippen molar-refractivity contribution in [2.75, 3.05) is 5.32 Å². The van der Waals surface area contributed by atoms with E-state index in [4.69, 9.17) is 5.73 Å². The first kappa shape index (κ1) is 12.1. The number of amides is 1. The fourth-order valence-electron chi connectivity index (χ4n) is 1.37. The number of carbonyl (C=O) groups is 1. The topological polar surface area (TPSA) is 68.0 Å². The van der Waals surface area contributed by atoms with Gasteiger partial charge in [-0.25, -0.2) is 4.98 Å². The Hall–Kier alpha value is -1.40. The van der Waals surface area contributed by atoms with Crippen LogP contribution in [0.4, 0.5) is 5.69 Å². The van der Waals surface area contributed by atoms with Crippen molar-refractivity contribution in [2.45, 2.75) is 6.04 Å². The Bertz CT molecular complexity index is 498. The van der Waals surface area contributed by atoms with Crippen molar-refractivity contribution in [2.24, 2.45) is 5.73 Å². The van der Waals surface area contributed by atoms with Gasteiger partial charge in [0.2, 0.25) is 5.91 Å². The second-order valence-corrected chi connectivity index (χ2v) is 5.03. The maximum absolute atomic E-state index is 11.4. The van der Waals surface area contributed by atoms with Gasteiger partial charge in [-0.3, -0.25) is 4.79 Å². The summed E-state index contributed by atoms with van der Waals surface area (Å²) in [5.74, 6) is -0.446. The van der Waals surface area contributed by atoms with Crippen LogP contribution in [0.25, 0.3) is 0 Å². The number of hydrogen-bond acceptors (Lipinski definition) is 4. The van der Waals surface area contributed by atoms with Crippen molar-refractivity contribution in [1.82, 2.24) is 4.98 Å². The number of aromatic nitrogens is 1. The molecule has 0 bridgehead atoms. The molecule has 88 valence electrons. The fraction of sp³-hybridized carbons (Fsp3) is 0.0909. The van der Waals surface area contributed by atoms with E-state index in [1.165, 1.54) is 11.3 Å². The van der Waals surface area contributed by atoms with E-state index in [1.807, 2.05) is 24.3 Å². The van der Waals surface area contributed by atoms with Crippen LogP contribution in [-0.4, -0.2) is 10.9 Å². The van der Waals surface area contributed by atoms with Crippen LogP contribution >= 0.6 is 27.3 Å². The minimum absolute atomic E-state index is 0.446. The third-order valence-corrected chi connectivity index (χ3v) is 3.32. The van der Waals surface area contributed by atoms with Crippen LogP contribution in [-0.2, 0) is 4.79 Å². The highest BCUT2D eigenvalue weighted by atomic mass is 79.9. The van der Waals surface area contributed by atoms with Gasteiger partial charge in [-0.15, -0.1) is 11.3 Å². The summed E-state index contributed by atoms with van der Waals surface area (Å²) in [7, 11) is 0. The summed E-state index contributed by atoms with van der Waals surface area (Å²) < 4.78 is 0.979. The van der Waals surface area contributed by atoms with Crippen molar-refractivity contribution < 1.29 is 4.79 Å². The summed E-state index contributed by atoms with van der Waals surface area (Å²) in [6, 6.07) is 6.92. The summed E-state index contributed by atoms with van der Waals surface area (Å²) in [6.45, 7) is 0. The molecule has 1 heterocycles. The molecule has 0 fully saturated rings. The molecule has 1 aromatic heterocycles. The largest absolute Gasteiger partial charge is 0.369 e. The molecule has 6 heteroatoms. The molecule has 2 rings (SSSR count). The van der Waals surface area contributed by atoms with Gasteiger partial charge in [0.05, 0.1) is 11.2 Å². The predicted molar refractivity (Wildman–Crippen MR) is 71.8 cm³/mol. The van der Waals surface area contributed by atoms with Crippen LogP contribution < -0.4 is 11.1 Å². The van der Waals surface area contributed by atoms with Gasteiger partial charge in [0.25, 0.3) is 0 Å². The molecule has 4 nitrogen and oxygen atoms in total. The number of anilines is 1. The normalized spacial score (nSPS) is 12.1. The quantitative estimate of drug-likeness (QED) is 0.911. The number of benzene rings is 1. The van der Waals surface area contributed by atoms with Crippen molar-refractivity contribution >= 4 is 38.9 Å². The third kappa shape index (κ3) is 3.04. The van der Waals surface area contributed by atoms with Crippen LogP contribution in [0.3, 0.4) is 0 Å². The van der Waals surface area contributed by atoms with Gasteiger partial charge < -0.3 is 11.1 Å². The molecule has 0 aliphatic carbocycles. The first-order valence-electron chi connectivity index (χ1n) is 4.86. The highest BCUT2D eigenvalue weighted by Crippen LogP contribution is 2.21. The van der Waals surface area contributed by atoms with E-state index in [1.54, 1.807) is 10.9 Å². The molecule has 1 aromatic carbocycles. The molecule has 0 aliphatic rings. The summed E-state index contributed by atoms with van der Waals surface area (Å²) in [5.41, 5.74) is 8.50. The highest BCUT2D eigenvalue weighted by Gasteiger charge is 2.19. The minimum Gasteiger partial charge on any atom is -0.369 e. The molecule has 0 aliphatic heterocycles. The first-order chi connectivity index (χ1) is 8.16. The highest BCUT2D eigenvalue weighted by molar-refractivity contribution is 9.10. The van der Waals surface area contributed by atoms with Crippen molar-refractivity contribution in [3.63, 3.8) is 0 Å². The smallest absolute Gasteiger partial charge is 0.246 e. The van der Waals surface area contributed by atoms with E-state index in [-0.39, 0.29) is 0 Å². The molecule has 0 spiro atoms. The number of primary amides is 1. The van der Waals surface area contributed by atoms with Crippen LogP contribution in [0.15, 0.2) is 39.6 Å². The number of nitrogens with two attached hydrogens (primary N) is 1. The Morgan fingerprint density at radius 2 is 2.12 bits per heavy atom. The molecule has 0 saturated heterocycles. The zero-order valence-electron chi connectivity index (χ0n) is 8.76.